The molecule has 2 N–H and O–H groups in total. The van der Waals surface area contributed by atoms with Crippen molar-refractivity contribution in [1.82, 2.24) is 10.3 Å². The van der Waals surface area contributed by atoms with Gasteiger partial charge in [0.15, 0.2) is 11.5 Å². The molecule has 2 atom stereocenters. The highest BCUT2D eigenvalue weighted by molar-refractivity contribution is 5.85. The molecule has 142 valence electrons. The Labute approximate surface area is 159 Å². The molecule has 2 aromatic carbocycles. The molecular weight excluding hydrogens is 340 g/mol. The van der Waals surface area contributed by atoms with E-state index < -0.39 is 0 Å². The number of ether oxygens (including phenoxy) is 3. The van der Waals surface area contributed by atoms with Crippen molar-refractivity contribution in [2.75, 3.05) is 21.3 Å². The lowest BCUT2D eigenvalue weighted by molar-refractivity contribution is 0.322. The molecular formula is C22H26N2O3. The summed E-state index contributed by atoms with van der Waals surface area (Å²) in [5.74, 6) is 1.96. The maximum atomic E-state index is 5.57. The van der Waals surface area contributed by atoms with Crippen LogP contribution in [0.2, 0.25) is 0 Å². The highest BCUT2D eigenvalue weighted by Crippen LogP contribution is 2.43. The lowest BCUT2D eigenvalue weighted by Crippen LogP contribution is -2.39. The lowest BCUT2D eigenvalue weighted by Gasteiger charge is -2.32. The average molecular weight is 366 g/mol. The molecule has 0 unspecified atom stereocenters. The van der Waals surface area contributed by atoms with Crippen molar-refractivity contribution < 1.29 is 14.2 Å². The van der Waals surface area contributed by atoms with Crippen LogP contribution in [0.1, 0.15) is 36.2 Å². The lowest BCUT2D eigenvalue weighted by atomic mass is 9.89. The molecule has 5 heteroatoms. The number of hydrogen-bond donors (Lipinski definition) is 2. The summed E-state index contributed by atoms with van der Waals surface area (Å²) >= 11 is 0. The largest absolute Gasteiger partial charge is 0.493 e. The third kappa shape index (κ3) is 2.92. The van der Waals surface area contributed by atoms with Crippen molar-refractivity contribution in [3.63, 3.8) is 0 Å². The molecule has 0 aliphatic carbocycles. The minimum Gasteiger partial charge on any atom is -0.493 e. The van der Waals surface area contributed by atoms with Gasteiger partial charge in [-0.15, -0.1) is 0 Å². The van der Waals surface area contributed by atoms with Crippen LogP contribution in [0.25, 0.3) is 10.9 Å². The van der Waals surface area contributed by atoms with Gasteiger partial charge in [-0.25, -0.2) is 0 Å². The third-order valence-electron chi connectivity index (χ3n) is 5.50. The fourth-order valence-electron chi connectivity index (χ4n) is 4.10. The fraction of sp³-hybridized carbons (Fsp3) is 0.364. The Morgan fingerprint density at radius 2 is 1.70 bits per heavy atom. The zero-order valence-corrected chi connectivity index (χ0v) is 16.3. The zero-order valence-electron chi connectivity index (χ0n) is 16.3. The molecule has 1 aliphatic rings. The van der Waals surface area contributed by atoms with Gasteiger partial charge >= 0.3 is 0 Å². The Balaban J connectivity index is 1.89. The number of nitrogens with one attached hydrogen (secondary N) is 2. The average Bonchev–Trinajstić information content (AvgIpc) is 3.10. The second-order valence-corrected chi connectivity index (χ2v) is 6.93. The van der Waals surface area contributed by atoms with Crippen LogP contribution >= 0.6 is 0 Å². The normalized spacial score (nSPS) is 19.0. The molecule has 4 rings (SSSR count). The van der Waals surface area contributed by atoms with Crippen LogP contribution < -0.4 is 19.5 Å². The molecule has 0 fully saturated rings. The van der Waals surface area contributed by atoms with Gasteiger partial charge in [0.2, 0.25) is 5.75 Å². The summed E-state index contributed by atoms with van der Waals surface area (Å²) in [6.07, 6.45) is 2.09. The van der Waals surface area contributed by atoms with Gasteiger partial charge in [0.05, 0.1) is 27.4 Å². The first-order valence-corrected chi connectivity index (χ1v) is 9.35. The zero-order chi connectivity index (χ0) is 19.0. The third-order valence-corrected chi connectivity index (χ3v) is 5.50. The predicted molar refractivity (Wildman–Crippen MR) is 107 cm³/mol. The van der Waals surface area contributed by atoms with E-state index in [1.165, 1.54) is 22.2 Å². The number of methoxy groups -OCH3 is 3. The van der Waals surface area contributed by atoms with E-state index in [1.54, 1.807) is 21.3 Å². The predicted octanol–water partition coefficient (Wildman–Crippen LogP) is 4.21. The quantitative estimate of drug-likeness (QED) is 0.710. The summed E-state index contributed by atoms with van der Waals surface area (Å²) < 4.78 is 16.6. The molecule has 0 amide bonds. The topological polar surface area (TPSA) is 55.5 Å². The number of rotatable bonds is 5. The monoisotopic (exact) mass is 366 g/mol. The first kappa shape index (κ1) is 17.7. The van der Waals surface area contributed by atoms with Crippen molar-refractivity contribution in [1.29, 1.82) is 0 Å². The molecule has 1 aliphatic heterocycles. The van der Waals surface area contributed by atoms with Gasteiger partial charge in [0.25, 0.3) is 0 Å². The summed E-state index contributed by atoms with van der Waals surface area (Å²) in [5, 5.41) is 5.10. The van der Waals surface area contributed by atoms with E-state index in [4.69, 9.17) is 14.2 Å². The van der Waals surface area contributed by atoms with Gasteiger partial charge in [-0.05, 0) is 42.2 Å². The molecule has 0 bridgehead atoms. The molecule has 27 heavy (non-hydrogen) atoms. The van der Waals surface area contributed by atoms with E-state index >= 15 is 0 Å². The SMILES string of the molecule is CC[C@H]1Cc2c([nH]c3ccccc23)[C@H](c2cc(OC)c(OC)c(OC)c2)N1. The van der Waals surface area contributed by atoms with Crippen molar-refractivity contribution in [2.45, 2.75) is 31.8 Å². The Morgan fingerprint density at radius 1 is 1.00 bits per heavy atom. The second kappa shape index (κ2) is 7.16. The number of hydrogen-bond acceptors (Lipinski definition) is 4. The molecule has 0 saturated carbocycles. The number of para-hydroxylation sites is 1. The number of aromatic nitrogens is 1. The van der Waals surface area contributed by atoms with Crippen molar-refractivity contribution in [2.24, 2.45) is 0 Å². The standard InChI is InChI=1S/C22H26N2O3/c1-5-14-12-16-15-8-6-7-9-17(15)24-21(16)20(23-14)13-10-18(25-2)22(27-4)19(11-13)26-3/h6-11,14,20,23-24H,5,12H2,1-4H3/t14-,20-/m0/s1. The van der Waals surface area contributed by atoms with E-state index in [2.05, 4.69) is 41.5 Å². The fourth-order valence-corrected chi connectivity index (χ4v) is 4.10. The molecule has 1 aromatic heterocycles. The maximum Gasteiger partial charge on any atom is 0.203 e. The van der Waals surface area contributed by atoms with Gasteiger partial charge in [-0.3, -0.25) is 0 Å². The van der Waals surface area contributed by atoms with E-state index in [0.29, 0.717) is 23.3 Å². The van der Waals surface area contributed by atoms with Gasteiger partial charge < -0.3 is 24.5 Å². The molecule has 0 saturated heterocycles. The highest BCUT2D eigenvalue weighted by atomic mass is 16.5. The molecule has 5 nitrogen and oxygen atoms in total. The number of fused-ring (bicyclic) bond motifs is 3. The summed E-state index contributed by atoms with van der Waals surface area (Å²) in [5.41, 5.74) is 4.89. The number of H-pyrrole nitrogens is 1. The summed E-state index contributed by atoms with van der Waals surface area (Å²) in [6.45, 7) is 2.23. The van der Waals surface area contributed by atoms with Gasteiger partial charge in [-0.1, -0.05) is 25.1 Å². The van der Waals surface area contributed by atoms with Crippen molar-refractivity contribution >= 4 is 10.9 Å². The second-order valence-electron chi connectivity index (χ2n) is 6.93. The van der Waals surface area contributed by atoms with Crippen LogP contribution in [0.5, 0.6) is 17.2 Å². The maximum absolute atomic E-state index is 5.57. The Bertz CT molecular complexity index is 938. The van der Waals surface area contributed by atoms with Gasteiger partial charge in [0, 0.05) is 22.6 Å². The van der Waals surface area contributed by atoms with Crippen LogP contribution in [0.4, 0.5) is 0 Å². The van der Waals surface area contributed by atoms with Crippen molar-refractivity contribution in [3.05, 3.63) is 53.2 Å². The van der Waals surface area contributed by atoms with E-state index in [9.17, 15) is 0 Å². The van der Waals surface area contributed by atoms with Gasteiger partial charge in [-0.2, -0.15) is 0 Å². The minimum absolute atomic E-state index is 0.0415. The van der Waals surface area contributed by atoms with Crippen LogP contribution in [-0.4, -0.2) is 32.4 Å². The minimum atomic E-state index is 0.0415. The Morgan fingerprint density at radius 3 is 2.33 bits per heavy atom. The van der Waals surface area contributed by atoms with Crippen molar-refractivity contribution in [3.8, 4) is 17.2 Å². The van der Waals surface area contributed by atoms with Gasteiger partial charge in [0.1, 0.15) is 0 Å². The summed E-state index contributed by atoms with van der Waals surface area (Å²) in [7, 11) is 4.93. The highest BCUT2D eigenvalue weighted by Gasteiger charge is 2.31. The van der Waals surface area contributed by atoms with Crippen LogP contribution in [0.3, 0.4) is 0 Å². The summed E-state index contributed by atoms with van der Waals surface area (Å²) in [4.78, 5) is 3.64. The number of benzene rings is 2. The van der Waals surface area contributed by atoms with Crippen LogP contribution in [-0.2, 0) is 6.42 Å². The molecule has 3 aromatic rings. The first-order chi connectivity index (χ1) is 13.2. The molecule has 2 heterocycles. The van der Waals surface area contributed by atoms with Crippen LogP contribution in [0.15, 0.2) is 36.4 Å². The first-order valence-electron chi connectivity index (χ1n) is 9.35. The van der Waals surface area contributed by atoms with Crippen LogP contribution in [0, 0.1) is 0 Å². The Kier molecular flexibility index (Phi) is 4.70. The smallest absolute Gasteiger partial charge is 0.203 e. The van der Waals surface area contributed by atoms with E-state index in [-0.39, 0.29) is 6.04 Å². The van der Waals surface area contributed by atoms with E-state index in [0.717, 1.165) is 18.4 Å². The van der Waals surface area contributed by atoms with E-state index in [1.807, 2.05) is 12.1 Å². The Hall–Kier alpha value is -2.66. The molecule has 0 radical (unpaired) electrons. The molecule has 0 spiro atoms. The number of aromatic amines is 1. The summed E-state index contributed by atoms with van der Waals surface area (Å²) in [6, 6.07) is 13.0.